The lowest BCUT2D eigenvalue weighted by Crippen LogP contribution is -2.48. The number of fused-ring (bicyclic) bond motifs is 5. The van der Waals surface area contributed by atoms with E-state index in [9.17, 15) is 9.59 Å². The number of ketones is 2. The highest BCUT2D eigenvalue weighted by atomic mass is 16.1. The number of hydrogen-bond acceptors (Lipinski definition) is 2. The fraction of sp³-hybridized carbons (Fsp3) is 0.579. The molecule has 0 N–H and O–H groups in total. The van der Waals surface area contributed by atoms with Crippen LogP contribution in [0.4, 0.5) is 0 Å². The highest BCUT2D eigenvalue weighted by Crippen LogP contribution is 2.61. The Balaban J connectivity index is 1.78. The van der Waals surface area contributed by atoms with Crippen molar-refractivity contribution in [3.05, 3.63) is 36.0 Å². The average Bonchev–Trinajstić information content (AvgIpc) is 2.76. The quantitative estimate of drug-likeness (QED) is 0.680. The summed E-state index contributed by atoms with van der Waals surface area (Å²) < 4.78 is 0. The smallest absolute Gasteiger partial charge is 0.178 e. The van der Waals surface area contributed by atoms with Gasteiger partial charge >= 0.3 is 0 Å². The van der Waals surface area contributed by atoms with Crippen molar-refractivity contribution in [3.8, 4) is 0 Å². The van der Waals surface area contributed by atoms with Gasteiger partial charge in [0.1, 0.15) is 5.78 Å². The van der Waals surface area contributed by atoms with Crippen molar-refractivity contribution in [3.63, 3.8) is 0 Å². The molecule has 4 rings (SSSR count). The summed E-state index contributed by atoms with van der Waals surface area (Å²) in [5.41, 5.74) is 1.03. The molecule has 0 amide bonds. The molecule has 110 valence electrons. The Morgan fingerprint density at radius 2 is 1.90 bits per heavy atom. The predicted molar refractivity (Wildman–Crippen MR) is 81.5 cm³/mol. The van der Waals surface area contributed by atoms with Crippen LogP contribution in [0.25, 0.3) is 0 Å². The standard InChI is InChI=1S/C19H22O2/c1-18-9-7-13(20)11-12(18)3-4-14-15-5-6-17(21)19(15,2)10-8-16(14)18/h3-4,7,9,11,14-16H,5-6,8,10H2,1-2H3/t14-,15+,16-,18-,19+/m0/s1. The molecule has 0 aromatic carbocycles. The largest absolute Gasteiger partial charge is 0.299 e. The highest BCUT2D eigenvalue weighted by molar-refractivity contribution is 6.01. The van der Waals surface area contributed by atoms with E-state index in [2.05, 4.69) is 32.1 Å². The fourth-order valence-electron chi connectivity index (χ4n) is 5.42. The van der Waals surface area contributed by atoms with E-state index < -0.39 is 0 Å². The minimum atomic E-state index is -0.0999. The van der Waals surface area contributed by atoms with Crippen LogP contribution in [0, 0.1) is 28.6 Å². The third-order valence-electron chi connectivity index (χ3n) is 6.82. The van der Waals surface area contributed by atoms with Crippen molar-refractivity contribution < 1.29 is 9.59 Å². The number of allylic oxidation sites excluding steroid dienone is 6. The predicted octanol–water partition coefficient (Wildman–Crippen LogP) is 3.64. The molecule has 5 atom stereocenters. The maximum Gasteiger partial charge on any atom is 0.178 e. The average molecular weight is 282 g/mol. The molecule has 0 radical (unpaired) electrons. The first-order valence-electron chi connectivity index (χ1n) is 8.12. The van der Waals surface area contributed by atoms with E-state index in [1.54, 1.807) is 12.2 Å². The molecule has 2 saturated carbocycles. The monoisotopic (exact) mass is 282 g/mol. The van der Waals surface area contributed by atoms with Crippen LogP contribution in [0.2, 0.25) is 0 Å². The molecule has 0 aromatic rings. The molecule has 0 heterocycles. The van der Waals surface area contributed by atoms with Gasteiger partial charge in [-0.15, -0.1) is 0 Å². The number of rotatable bonds is 0. The summed E-state index contributed by atoms with van der Waals surface area (Å²) in [5.74, 6) is 2.07. The van der Waals surface area contributed by atoms with Crippen molar-refractivity contribution in [2.45, 2.75) is 39.5 Å². The molecule has 0 saturated heterocycles. The topological polar surface area (TPSA) is 34.1 Å². The van der Waals surface area contributed by atoms with Crippen LogP contribution in [0.3, 0.4) is 0 Å². The molecule has 2 heteroatoms. The Morgan fingerprint density at radius 3 is 2.71 bits per heavy atom. The molecule has 0 aromatic heterocycles. The van der Waals surface area contributed by atoms with E-state index >= 15 is 0 Å². The van der Waals surface area contributed by atoms with Crippen molar-refractivity contribution >= 4 is 11.6 Å². The van der Waals surface area contributed by atoms with E-state index in [1.165, 1.54) is 0 Å². The second-order valence-electron chi connectivity index (χ2n) is 7.69. The fourth-order valence-corrected chi connectivity index (χ4v) is 5.42. The van der Waals surface area contributed by atoms with Crippen molar-refractivity contribution in [1.29, 1.82) is 0 Å². The third-order valence-corrected chi connectivity index (χ3v) is 6.82. The zero-order valence-electron chi connectivity index (χ0n) is 12.8. The van der Waals surface area contributed by atoms with Crippen molar-refractivity contribution in [1.82, 2.24) is 0 Å². The molecule has 0 bridgehead atoms. The number of carbonyl (C=O) groups excluding carboxylic acids is 2. The normalized spacial score (nSPS) is 47.7. The van der Waals surface area contributed by atoms with Crippen molar-refractivity contribution in [2.75, 3.05) is 0 Å². The van der Waals surface area contributed by atoms with E-state index in [1.807, 2.05) is 0 Å². The molecule has 4 aliphatic rings. The second kappa shape index (κ2) is 4.06. The maximum absolute atomic E-state index is 12.3. The van der Waals surface area contributed by atoms with Gasteiger partial charge in [0, 0.05) is 17.3 Å². The minimum absolute atomic E-state index is 0.0275. The molecule has 2 fully saturated rings. The lowest BCUT2D eigenvalue weighted by molar-refractivity contribution is -0.130. The van der Waals surface area contributed by atoms with Crippen LogP contribution < -0.4 is 0 Å². The Hall–Kier alpha value is -1.44. The molecule has 4 aliphatic carbocycles. The highest BCUT2D eigenvalue weighted by Gasteiger charge is 2.57. The van der Waals surface area contributed by atoms with E-state index in [4.69, 9.17) is 0 Å². The number of carbonyl (C=O) groups is 2. The first kappa shape index (κ1) is 13.2. The second-order valence-corrected chi connectivity index (χ2v) is 7.69. The molecule has 0 aliphatic heterocycles. The molecule has 0 unspecified atom stereocenters. The van der Waals surface area contributed by atoms with Crippen molar-refractivity contribution in [2.24, 2.45) is 28.6 Å². The Bertz CT molecular complexity index is 623. The van der Waals surface area contributed by atoms with Gasteiger partial charge in [0.05, 0.1) is 0 Å². The van der Waals surface area contributed by atoms with Gasteiger partial charge in [-0.1, -0.05) is 32.1 Å². The molecular formula is C19H22O2. The summed E-state index contributed by atoms with van der Waals surface area (Å²) in [5, 5.41) is 0. The Labute approximate surface area is 126 Å². The van der Waals surface area contributed by atoms with E-state index in [0.717, 1.165) is 31.3 Å². The molecule has 21 heavy (non-hydrogen) atoms. The summed E-state index contributed by atoms with van der Waals surface area (Å²) in [6.45, 7) is 4.45. The summed E-state index contributed by atoms with van der Waals surface area (Å²) in [6, 6.07) is 0. The molecular weight excluding hydrogens is 260 g/mol. The molecule has 2 nitrogen and oxygen atoms in total. The van der Waals surface area contributed by atoms with Gasteiger partial charge in [-0.3, -0.25) is 9.59 Å². The van der Waals surface area contributed by atoms with Gasteiger partial charge in [-0.2, -0.15) is 0 Å². The number of Topliss-reactive ketones (excluding diaryl/α,β-unsaturated/α-hetero) is 1. The van der Waals surface area contributed by atoms with Crippen LogP contribution in [-0.2, 0) is 9.59 Å². The van der Waals surface area contributed by atoms with Crippen LogP contribution >= 0.6 is 0 Å². The van der Waals surface area contributed by atoms with Crippen LogP contribution in [-0.4, -0.2) is 11.6 Å². The zero-order chi connectivity index (χ0) is 14.8. The summed E-state index contributed by atoms with van der Waals surface area (Å²) >= 11 is 0. The first-order valence-corrected chi connectivity index (χ1v) is 8.12. The lowest BCUT2D eigenvalue weighted by atomic mass is 9.50. The van der Waals surface area contributed by atoms with Gasteiger partial charge in [0.15, 0.2) is 5.78 Å². The molecule has 0 spiro atoms. The van der Waals surface area contributed by atoms with Crippen LogP contribution in [0.1, 0.15) is 39.5 Å². The minimum Gasteiger partial charge on any atom is -0.299 e. The summed E-state index contributed by atoms with van der Waals surface area (Å²) in [7, 11) is 0. The van der Waals surface area contributed by atoms with Gasteiger partial charge in [-0.05, 0) is 54.7 Å². The van der Waals surface area contributed by atoms with Gasteiger partial charge in [0.25, 0.3) is 0 Å². The zero-order valence-corrected chi connectivity index (χ0v) is 12.8. The van der Waals surface area contributed by atoms with E-state index in [-0.39, 0.29) is 16.6 Å². The van der Waals surface area contributed by atoms with Gasteiger partial charge in [-0.25, -0.2) is 0 Å². The summed E-state index contributed by atoms with van der Waals surface area (Å²) in [6.07, 6.45) is 14.0. The Kier molecular flexibility index (Phi) is 2.56. The van der Waals surface area contributed by atoms with E-state index in [0.29, 0.717) is 23.5 Å². The van der Waals surface area contributed by atoms with Crippen LogP contribution in [0.5, 0.6) is 0 Å². The number of hydrogen-bond donors (Lipinski definition) is 0. The van der Waals surface area contributed by atoms with Crippen LogP contribution in [0.15, 0.2) is 36.0 Å². The first-order chi connectivity index (χ1) is 9.95. The lowest BCUT2D eigenvalue weighted by Gasteiger charge is -2.53. The Morgan fingerprint density at radius 1 is 1.10 bits per heavy atom. The maximum atomic E-state index is 12.3. The summed E-state index contributed by atoms with van der Waals surface area (Å²) in [4.78, 5) is 24.0. The van der Waals surface area contributed by atoms with Gasteiger partial charge in [0.2, 0.25) is 0 Å². The SMILES string of the molecule is C[C@]12C=CC(=O)C=C1C=C[C@H]1[C@H]3CCC(=O)[C@]3(C)CC[C@@H]12. The third kappa shape index (κ3) is 1.59. The van der Waals surface area contributed by atoms with Gasteiger partial charge < -0.3 is 0 Å².